The maximum Gasteiger partial charge on any atom is 0.334 e. The van der Waals surface area contributed by atoms with Gasteiger partial charge in [0.05, 0.1) is 19.8 Å². The van der Waals surface area contributed by atoms with Crippen LogP contribution in [0.3, 0.4) is 0 Å². The molecule has 0 aliphatic carbocycles. The van der Waals surface area contributed by atoms with E-state index in [1.54, 1.807) is 0 Å². The zero-order valence-electron chi connectivity index (χ0n) is 11.9. The van der Waals surface area contributed by atoms with Gasteiger partial charge in [-0.25, -0.2) is 9.59 Å². The molecule has 1 rings (SSSR count). The second-order valence-electron chi connectivity index (χ2n) is 4.73. The van der Waals surface area contributed by atoms with E-state index >= 15 is 0 Å². The molecule has 1 heterocycles. The van der Waals surface area contributed by atoms with E-state index in [1.807, 2.05) is 6.92 Å². The van der Waals surface area contributed by atoms with Crippen LogP contribution in [0.5, 0.6) is 0 Å². The van der Waals surface area contributed by atoms with Crippen LogP contribution >= 0.6 is 0 Å². The van der Waals surface area contributed by atoms with Crippen molar-refractivity contribution in [2.75, 3.05) is 46.5 Å². The molecule has 3 N–H and O–H groups in total. The largest absolute Gasteiger partial charge is 0.479 e. The van der Waals surface area contributed by atoms with Crippen molar-refractivity contribution in [1.82, 2.24) is 15.5 Å². The van der Waals surface area contributed by atoms with Crippen LogP contribution in [0.1, 0.15) is 6.92 Å². The molecule has 8 nitrogen and oxygen atoms in total. The van der Waals surface area contributed by atoms with Gasteiger partial charge in [0.25, 0.3) is 0 Å². The molecule has 20 heavy (non-hydrogen) atoms. The molecular weight excluding hydrogens is 266 g/mol. The Kier molecular flexibility index (Phi) is 7.27. The van der Waals surface area contributed by atoms with Gasteiger partial charge in [0.2, 0.25) is 0 Å². The normalized spacial score (nSPS) is 19.1. The van der Waals surface area contributed by atoms with E-state index in [4.69, 9.17) is 14.6 Å². The number of urea groups is 1. The van der Waals surface area contributed by atoms with Gasteiger partial charge in [-0.2, -0.15) is 0 Å². The fraction of sp³-hybridized carbons (Fsp3) is 0.833. The number of rotatable bonds is 7. The summed E-state index contributed by atoms with van der Waals surface area (Å²) in [4.78, 5) is 24.5. The maximum absolute atomic E-state index is 11.6. The van der Waals surface area contributed by atoms with Crippen molar-refractivity contribution < 1.29 is 24.2 Å². The lowest BCUT2D eigenvalue weighted by atomic mass is 10.3. The summed E-state index contributed by atoms with van der Waals surface area (Å²) >= 11 is 0. The van der Waals surface area contributed by atoms with Gasteiger partial charge in [0, 0.05) is 32.8 Å². The fourth-order valence-corrected chi connectivity index (χ4v) is 1.95. The van der Waals surface area contributed by atoms with Gasteiger partial charge in [-0.05, 0) is 6.92 Å². The molecule has 116 valence electrons. The van der Waals surface area contributed by atoms with Crippen molar-refractivity contribution in [3.8, 4) is 0 Å². The Labute approximate surface area is 118 Å². The van der Waals surface area contributed by atoms with E-state index < -0.39 is 18.1 Å². The number of morpholine rings is 1. The number of hydrogen-bond donors (Lipinski definition) is 3. The molecule has 2 unspecified atom stereocenters. The Morgan fingerprint density at radius 3 is 2.60 bits per heavy atom. The first-order valence-electron chi connectivity index (χ1n) is 6.63. The maximum atomic E-state index is 11.6. The topological polar surface area (TPSA) is 100 Å². The van der Waals surface area contributed by atoms with Crippen molar-refractivity contribution in [2.45, 2.75) is 19.1 Å². The minimum absolute atomic E-state index is 0.0288. The summed E-state index contributed by atoms with van der Waals surface area (Å²) in [5.41, 5.74) is 0. The lowest BCUT2D eigenvalue weighted by molar-refractivity contribution is -0.147. The summed E-state index contributed by atoms with van der Waals surface area (Å²) < 4.78 is 9.98. The highest BCUT2D eigenvalue weighted by atomic mass is 16.5. The average molecular weight is 289 g/mol. The molecule has 0 bridgehead atoms. The van der Waals surface area contributed by atoms with Gasteiger partial charge in [0.15, 0.2) is 6.10 Å². The third-order valence-electron chi connectivity index (χ3n) is 3.02. The van der Waals surface area contributed by atoms with Crippen molar-refractivity contribution in [3.05, 3.63) is 0 Å². The van der Waals surface area contributed by atoms with Crippen LogP contribution in [-0.2, 0) is 14.3 Å². The number of aliphatic carboxylic acids is 1. The van der Waals surface area contributed by atoms with Gasteiger partial charge < -0.3 is 25.2 Å². The van der Waals surface area contributed by atoms with Crippen molar-refractivity contribution in [2.24, 2.45) is 0 Å². The third kappa shape index (κ3) is 6.18. The van der Waals surface area contributed by atoms with Crippen LogP contribution in [-0.4, -0.2) is 80.7 Å². The van der Waals surface area contributed by atoms with E-state index in [-0.39, 0.29) is 12.6 Å². The number of hydrogen-bond acceptors (Lipinski definition) is 5. The minimum Gasteiger partial charge on any atom is -0.479 e. The monoisotopic (exact) mass is 289 g/mol. The summed E-state index contributed by atoms with van der Waals surface area (Å²) in [5.74, 6) is -1.10. The van der Waals surface area contributed by atoms with Gasteiger partial charge in [-0.1, -0.05) is 0 Å². The molecule has 0 aromatic heterocycles. The molecule has 1 aliphatic heterocycles. The van der Waals surface area contributed by atoms with Crippen LogP contribution in [0.15, 0.2) is 0 Å². The van der Waals surface area contributed by atoms with Gasteiger partial charge >= 0.3 is 12.0 Å². The van der Waals surface area contributed by atoms with Crippen LogP contribution < -0.4 is 10.6 Å². The molecule has 1 aliphatic rings. The molecule has 0 aromatic carbocycles. The average Bonchev–Trinajstić information content (AvgIpc) is 2.39. The minimum atomic E-state index is -1.10. The molecule has 0 saturated carbocycles. The SMILES string of the molecule is COC(CNC(=O)NC(C)CN1CCOCC1)C(=O)O. The van der Waals surface area contributed by atoms with Gasteiger partial charge in [0.1, 0.15) is 0 Å². The van der Waals surface area contributed by atoms with E-state index in [9.17, 15) is 9.59 Å². The highest BCUT2D eigenvalue weighted by Crippen LogP contribution is 1.98. The lowest BCUT2D eigenvalue weighted by Crippen LogP contribution is -2.50. The molecule has 0 radical (unpaired) electrons. The van der Waals surface area contributed by atoms with E-state index in [0.717, 1.165) is 19.6 Å². The van der Waals surface area contributed by atoms with Crippen LogP contribution in [0.2, 0.25) is 0 Å². The summed E-state index contributed by atoms with van der Waals surface area (Å²) in [7, 11) is 1.29. The molecule has 2 atom stereocenters. The van der Waals surface area contributed by atoms with E-state index in [2.05, 4.69) is 15.5 Å². The van der Waals surface area contributed by atoms with Gasteiger partial charge in [-0.3, -0.25) is 4.90 Å². The smallest absolute Gasteiger partial charge is 0.334 e. The molecule has 0 aromatic rings. The number of methoxy groups -OCH3 is 1. The second kappa shape index (κ2) is 8.72. The second-order valence-corrected chi connectivity index (χ2v) is 4.73. The Balaban J connectivity index is 2.21. The first-order chi connectivity index (χ1) is 9.52. The molecular formula is C12H23N3O5. The van der Waals surface area contributed by atoms with Crippen LogP contribution in [0, 0.1) is 0 Å². The summed E-state index contributed by atoms with van der Waals surface area (Å²) in [6, 6.07) is -0.423. The number of carbonyl (C=O) groups excluding carboxylic acids is 1. The van der Waals surface area contributed by atoms with Crippen molar-refractivity contribution in [3.63, 3.8) is 0 Å². The van der Waals surface area contributed by atoms with Crippen LogP contribution in [0.25, 0.3) is 0 Å². The molecule has 2 amide bonds. The number of nitrogens with one attached hydrogen (secondary N) is 2. The Bertz CT molecular complexity index is 320. The first kappa shape index (κ1) is 16.7. The standard InChI is InChI=1S/C12H23N3O5/c1-9(8-15-3-5-20-6-4-15)14-12(18)13-7-10(19-2)11(16)17/h9-10H,3-8H2,1-2H3,(H,16,17)(H2,13,14,18). The van der Waals surface area contributed by atoms with E-state index in [1.165, 1.54) is 7.11 Å². The zero-order valence-corrected chi connectivity index (χ0v) is 11.9. The predicted octanol–water partition coefficient (Wildman–Crippen LogP) is -0.894. The van der Waals surface area contributed by atoms with Crippen molar-refractivity contribution in [1.29, 1.82) is 0 Å². The number of carboxylic acids is 1. The molecule has 1 saturated heterocycles. The number of carboxylic acid groups (broad SMARTS) is 1. The fourth-order valence-electron chi connectivity index (χ4n) is 1.95. The Morgan fingerprint density at radius 1 is 1.40 bits per heavy atom. The highest BCUT2D eigenvalue weighted by Gasteiger charge is 2.18. The molecule has 8 heteroatoms. The van der Waals surface area contributed by atoms with Gasteiger partial charge in [-0.15, -0.1) is 0 Å². The highest BCUT2D eigenvalue weighted by molar-refractivity contribution is 5.77. The lowest BCUT2D eigenvalue weighted by Gasteiger charge is -2.29. The first-order valence-corrected chi connectivity index (χ1v) is 6.63. The third-order valence-corrected chi connectivity index (χ3v) is 3.02. The number of ether oxygens (including phenoxy) is 2. The quantitative estimate of drug-likeness (QED) is 0.562. The number of amides is 2. The summed E-state index contributed by atoms with van der Waals surface area (Å²) in [6.07, 6.45) is -1.03. The Morgan fingerprint density at radius 2 is 2.05 bits per heavy atom. The van der Waals surface area contributed by atoms with E-state index in [0.29, 0.717) is 13.2 Å². The molecule has 0 spiro atoms. The Hall–Kier alpha value is -1.38. The van der Waals surface area contributed by atoms with Crippen molar-refractivity contribution >= 4 is 12.0 Å². The number of nitrogens with zero attached hydrogens (tertiary/aromatic N) is 1. The summed E-state index contributed by atoms with van der Waals surface area (Å²) in [6.45, 7) is 5.72. The molecule has 1 fully saturated rings. The van der Waals surface area contributed by atoms with Crippen LogP contribution in [0.4, 0.5) is 4.79 Å². The summed E-state index contributed by atoms with van der Waals surface area (Å²) in [5, 5.41) is 14.0. The zero-order chi connectivity index (χ0) is 15.0. The number of carbonyl (C=O) groups is 2. The predicted molar refractivity (Wildman–Crippen MR) is 71.7 cm³/mol.